The number of aromatic nitrogens is 3. The van der Waals surface area contributed by atoms with Gasteiger partial charge in [0.2, 0.25) is 0 Å². The highest BCUT2D eigenvalue weighted by molar-refractivity contribution is 5.92. The Balaban J connectivity index is 1.39. The monoisotopic (exact) mass is 323 g/mol. The summed E-state index contributed by atoms with van der Waals surface area (Å²) in [5, 5.41) is 3.19. The molecule has 1 saturated heterocycles. The second-order valence-electron chi connectivity index (χ2n) is 6.99. The van der Waals surface area contributed by atoms with Crippen LogP contribution in [0.2, 0.25) is 0 Å². The third-order valence-electron chi connectivity index (χ3n) is 4.92. The minimum absolute atomic E-state index is 0.0898. The Bertz CT molecular complexity index is 775. The number of amides is 1. The van der Waals surface area contributed by atoms with Crippen molar-refractivity contribution in [2.75, 3.05) is 13.1 Å². The number of carbonyl (C=O) groups is 1. The lowest BCUT2D eigenvalue weighted by Gasteiger charge is -2.21. The van der Waals surface area contributed by atoms with Gasteiger partial charge >= 0.3 is 0 Å². The Kier molecular flexibility index (Phi) is 3.57. The summed E-state index contributed by atoms with van der Waals surface area (Å²) >= 11 is 0. The molecule has 2 atom stereocenters. The first kappa shape index (κ1) is 15.2. The van der Waals surface area contributed by atoms with Crippen molar-refractivity contribution in [3.8, 4) is 0 Å². The van der Waals surface area contributed by atoms with Gasteiger partial charge in [-0.2, -0.15) is 0 Å². The van der Waals surface area contributed by atoms with E-state index in [1.807, 2.05) is 26.0 Å². The number of pyridine rings is 1. The Hall–Kier alpha value is -2.34. The molecule has 0 bridgehead atoms. The number of likely N-dealkylation sites (tertiary alicyclic amines) is 1. The standard InChI is InChI=1S/C18H21N5O/c1-12-4-3-5-15(21-12)10-23-9-14-6-18(14,11-23)22-17(24)16-8-19-13(2)7-20-16/h3-5,7-8,14H,6,9-11H2,1-2H3,(H,22,24). The molecule has 3 heterocycles. The number of piperidine rings is 1. The number of aryl methyl sites for hydroxylation is 2. The summed E-state index contributed by atoms with van der Waals surface area (Å²) in [4.78, 5) is 27.7. The molecule has 2 aromatic heterocycles. The molecule has 2 aliphatic rings. The zero-order valence-electron chi connectivity index (χ0n) is 14.0. The first-order chi connectivity index (χ1) is 11.5. The van der Waals surface area contributed by atoms with Crippen LogP contribution in [0.1, 0.15) is 34.0 Å². The van der Waals surface area contributed by atoms with Gasteiger partial charge in [0.25, 0.3) is 5.91 Å². The Morgan fingerprint density at radius 1 is 1.29 bits per heavy atom. The van der Waals surface area contributed by atoms with Gasteiger partial charge in [0, 0.05) is 31.5 Å². The van der Waals surface area contributed by atoms with Crippen molar-refractivity contribution in [1.82, 2.24) is 25.2 Å². The average molecular weight is 323 g/mol. The summed E-state index contributed by atoms with van der Waals surface area (Å²) in [6.07, 6.45) is 4.22. The molecule has 0 spiro atoms. The molecule has 6 heteroatoms. The molecule has 1 amide bonds. The van der Waals surface area contributed by atoms with Crippen molar-refractivity contribution in [2.45, 2.75) is 32.4 Å². The fourth-order valence-electron chi connectivity index (χ4n) is 3.62. The van der Waals surface area contributed by atoms with Crippen LogP contribution in [0.5, 0.6) is 0 Å². The first-order valence-electron chi connectivity index (χ1n) is 8.30. The minimum atomic E-state index is -0.125. The van der Waals surface area contributed by atoms with Gasteiger partial charge in [-0.05, 0) is 38.3 Å². The van der Waals surface area contributed by atoms with Crippen LogP contribution in [0.4, 0.5) is 0 Å². The smallest absolute Gasteiger partial charge is 0.271 e. The molecule has 1 aliphatic heterocycles. The molecule has 1 saturated carbocycles. The lowest BCUT2D eigenvalue weighted by Crippen LogP contribution is -2.42. The molecule has 24 heavy (non-hydrogen) atoms. The van der Waals surface area contributed by atoms with E-state index < -0.39 is 0 Å². The maximum atomic E-state index is 12.4. The van der Waals surface area contributed by atoms with Crippen LogP contribution in [-0.2, 0) is 6.54 Å². The van der Waals surface area contributed by atoms with Crippen molar-refractivity contribution < 1.29 is 4.79 Å². The number of rotatable bonds is 4. The van der Waals surface area contributed by atoms with Crippen LogP contribution < -0.4 is 5.32 Å². The number of carbonyl (C=O) groups excluding carboxylic acids is 1. The molecule has 2 fully saturated rings. The van der Waals surface area contributed by atoms with Gasteiger partial charge in [0.1, 0.15) is 5.69 Å². The zero-order chi connectivity index (χ0) is 16.7. The summed E-state index contributed by atoms with van der Waals surface area (Å²) in [6, 6.07) is 6.11. The van der Waals surface area contributed by atoms with Crippen LogP contribution in [0.15, 0.2) is 30.6 Å². The molecule has 124 valence electrons. The van der Waals surface area contributed by atoms with E-state index in [2.05, 4.69) is 31.2 Å². The molecule has 1 aliphatic carbocycles. The molecule has 0 radical (unpaired) electrons. The molecular formula is C18H21N5O. The second-order valence-corrected chi connectivity index (χ2v) is 6.99. The Morgan fingerprint density at radius 2 is 2.17 bits per heavy atom. The second kappa shape index (κ2) is 5.63. The molecule has 1 N–H and O–H groups in total. The van der Waals surface area contributed by atoms with E-state index in [1.165, 1.54) is 0 Å². The highest BCUT2D eigenvalue weighted by Crippen LogP contribution is 2.49. The third kappa shape index (κ3) is 2.89. The minimum Gasteiger partial charge on any atom is -0.344 e. The van der Waals surface area contributed by atoms with Gasteiger partial charge in [-0.3, -0.25) is 19.7 Å². The van der Waals surface area contributed by atoms with Gasteiger partial charge in [0.05, 0.1) is 23.1 Å². The largest absolute Gasteiger partial charge is 0.344 e. The molecule has 6 nitrogen and oxygen atoms in total. The van der Waals surface area contributed by atoms with Gasteiger partial charge in [-0.15, -0.1) is 0 Å². The molecule has 4 rings (SSSR count). The molecule has 2 aromatic rings. The quantitative estimate of drug-likeness (QED) is 0.923. The fourth-order valence-corrected chi connectivity index (χ4v) is 3.62. The number of nitrogens with one attached hydrogen (secondary N) is 1. The van der Waals surface area contributed by atoms with Crippen LogP contribution in [-0.4, -0.2) is 44.4 Å². The SMILES string of the molecule is Cc1cnc(C(=O)NC23CC2CN(Cc2cccc(C)n2)C3)cn1. The predicted octanol–water partition coefficient (Wildman–Crippen LogP) is 1.49. The van der Waals surface area contributed by atoms with E-state index in [-0.39, 0.29) is 11.4 Å². The summed E-state index contributed by atoms with van der Waals surface area (Å²) in [7, 11) is 0. The first-order valence-corrected chi connectivity index (χ1v) is 8.30. The summed E-state index contributed by atoms with van der Waals surface area (Å²) < 4.78 is 0. The third-order valence-corrected chi connectivity index (χ3v) is 4.92. The molecule has 0 aromatic carbocycles. The number of hydrogen-bond donors (Lipinski definition) is 1. The predicted molar refractivity (Wildman–Crippen MR) is 89.3 cm³/mol. The normalized spacial score (nSPS) is 25.3. The van der Waals surface area contributed by atoms with Crippen molar-refractivity contribution in [3.63, 3.8) is 0 Å². The van der Waals surface area contributed by atoms with Crippen molar-refractivity contribution in [2.24, 2.45) is 5.92 Å². The summed E-state index contributed by atoms with van der Waals surface area (Å²) in [6.45, 7) is 6.59. The van der Waals surface area contributed by atoms with Crippen molar-refractivity contribution >= 4 is 5.91 Å². The topological polar surface area (TPSA) is 71.0 Å². The van der Waals surface area contributed by atoms with Gasteiger partial charge in [0.15, 0.2) is 0 Å². The summed E-state index contributed by atoms with van der Waals surface area (Å²) in [5.41, 5.74) is 3.24. The lowest BCUT2D eigenvalue weighted by molar-refractivity contribution is 0.0921. The van der Waals surface area contributed by atoms with Crippen molar-refractivity contribution in [3.05, 3.63) is 53.4 Å². The molecular weight excluding hydrogens is 302 g/mol. The van der Waals surface area contributed by atoms with Crippen LogP contribution >= 0.6 is 0 Å². The van der Waals surface area contributed by atoms with Gasteiger partial charge in [-0.25, -0.2) is 4.98 Å². The fraction of sp³-hybridized carbons (Fsp3) is 0.444. The van der Waals surface area contributed by atoms with Gasteiger partial charge in [-0.1, -0.05) is 6.07 Å². The van der Waals surface area contributed by atoms with E-state index in [1.54, 1.807) is 12.4 Å². The zero-order valence-corrected chi connectivity index (χ0v) is 14.0. The maximum absolute atomic E-state index is 12.4. The summed E-state index contributed by atoms with van der Waals surface area (Å²) in [5.74, 6) is 0.408. The highest BCUT2D eigenvalue weighted by Gasteiger charge is 2.60. The molecule has 2 unspecified atom stereocenters. The average Bonchev–Trinajstić information content (AvgIpc) is 3.08. The Labute approximate surface area is 141 Å². The van der Waals surface area contributed by atoms with E-state index in [4.69, 9.17) is 0 Å². The van der Waals surface area contributed by atoms with Crippen LogP contribution in [0.3, 0.4) is 0 Å². The van der Waals surface area contributed by atoms with E-state index in [9.17, 15) is 4.79 Å². The highest BCUT2D eigenvalue weighted by atomic mass is 16.2. The van der Waals surface area contributed by atoms with E-state index in [0.717, 1.165) is 43.1 Å². The number of fused-ring (bicyclic) bond motifs is 1. The van der Waals surface area contributed by atoms with E-state index in [0.29, 0.717) is 11.6 Å². The number of hydrogen-bond acceptors (Lipinski definition) is 5. The van der Waals surface area contributed by atoms with Crippen LogP contribution in [0, 0.1) is 19.8 Å². The van der Waals surface area contributed by atoms with Gasteiger partial charge < -0.3 is 5.32 Å². The van der Waals surface area contributed by atoms with Crippen molar-refractivity contribution in [1.29, 1.82) is 0 Å². The van der Waals surface area contributed by atoms with E-state index >= 15 is 0 Å². The lowest BCUT2D eigenvalue weighted by atomic mass is 10.2. The maximum Gasteiger partial charge on any atom is 0.271 e. The number of nitrogens with zero attached hydrogens (tertiary/aromatic N) is 4. The Morgan fingerprint density at radius 3 is 2.92 bits per heavy atom. The van der Waals surface area contributed by atoms with Crippen LogP contribution in [0.25, 0.3) is 0 Å².